The lowest BCUT2D eigenvalue weighted by Crippen LogP contribution is -2.25. The maximum Gasteiger partial charge on any atom is 0.262 e. The van der Waals surface area contributed by atoms with E-state index in [-0.39, 0.29) is 18.4 Å². The Morgan fingerprint density at radius 2 is 1.92 bits per heavy atom. The van der Waals surface area contributed by atoms with Crippen LogP contribution in [0.25, 0.3) is 0 Å². The maximum atomic E-state index is 12.4. The van der Waals surface area contributed by atoms with Crippen LogP contribution in [0.4, 0.5) is 11.4 Å². The van der Waals surface area contributed by atoms with Crippen molar-refractivity contribution in [1.82, 2.24) is 0 Å². The van der Waals surface area contributed by atoms with Gasteiger partial charge in [-0.1, -0.05) is 18.6 Å². The molecule has 0 unspecified atom stereocenters. The normalized spacial score (nSPS) is 16.4. The van der Waals surface area contributed by atoms with Gasteiger partial charge in [-0.3, -0.25) is 9.59 Å². The molecular formula is C19H18N2O3. The molecule has 122 valence electrons. The summed E-state index contributed by atoms with van der Waals surface area (Å²) in [5.41, 5.74) is 3.20. The summed E-state index contributed by atoms with van der Waals surface area (Å²) in [5.74, 6) is 0.892. The molecule has 2 aromatic carbocycles. The lowest BCUT2D eigenvalue weighted by atomic mass is 9.80. The Kier molecular flexibility index (Phi) is 3.69. The molecule has 0 spiro atoms. The zero-order valence-electron chi connectivity index (χ0n) is 13.2. The summed E-state index contributed by atoms with van der Waals surface area (Å²) in [6, 6.07) is 13.0. The van der Waals surface area contributed by atoms with Gasteiger partial charge >= 0.3 is 0 Å². The number of amides is 2. The van der Waals surface area contributed by atoms with Gasteiger partial charge in [-0.25, -0.2) is 0 Å². The molecule has 0 bridgehead atoms. The Bertz CT molecular complexity index is 795. The van der Waals surface area contributed by atoms with Crippen molar-refractivity contribution >= 4 is 23.2 Å². The molecule has 2 amide bonds. The van der Waals surface area contributed by atoms with Crippen LogP contribution in [0.2, 0.25) is 0 Å². The molecule has 0 aromatic heterocycles. The Hall–Kier alpha value is -2.82. The summed E-state index contributed by atoms with van der Waals surface area (Å²) in [4.78, 5) is 23.6. The van der Waals surface area contributed by atoms with Gasteiger partial charge in [-0.2, -0.15) is 0 Å². The zero-order valence-corrected chi connectivity index (χ0v) is 13.2. The number of ether oxygens (including phenoxy) is 1. The van der Waals surface area contributed by atoms with Crippen molar-refractivity contribution in [3.8, 4) is 5.75 Å². The van der Waals surface area contributed by atoms with Crippen LogP contribution < -0.4 is 15.4 Å². The molecule has 5 heteroatoms. The molecule has 2 aromatic rings. The van der Waals surface area contributed by atoms with Gasteiger partial charge < -0.3 is 15.4 Å². The van der Waals surface area contributed by atoms with E-state index in [1.165, 1.54) is 24.8 Å². The van der Waals surface area contributed by atoms with Crippen LogP contribution in [0.1, 0.15) is 41.1 Å². The van der Waals surface area contributed by atoms with E-state index < -0.39 is 0 Å². The average molecular weight is 322 g/mol. The summed E-state index contributed by atoms with van der Waals surface area (Å²) >= 11 is 0. The molecule has 1 aliphatic carbocycles. The Balaban J connectivity index is 1.46. The highest BCUT2D eigenvalue weighted by Gasteiger charge is 2.20. The second-order valence-electron chi connectivity index (χ2n) is 6.25. The van der Waals surface area contributed by atoms with Crippen LogP contribution in [0, 0.1) is 0 Å². The number of rotatable bonds is 3. The molecule has 5 nitrogen and oxygen atoms in total. The number of benzene rings is 2. The SMILES string of the molecule is O=C1COc2cc(NC(=O)c3ccc(C4CCC4)cc3)ccc2N1. The first-order valence-electron chi connectivity index (χ1n) is 8.17. The number of carbonyl (C=O) groups excluding carboxylic acids is 2. The Morgan fingerprint density at radius 3 is 2.62 bits per heavy atom. The predicted molar refractivity (Wildman–Crippen MR) is 91.6 cm³/mol. The topological polar surface area (TPSA) is 67.4 Å². The van der Waals surface area contributed by atoms with E-state index in [1.807, 2.05) is 24.3 Å². The van der Waals surface area contributed by atoms with E-state index in [9.17, 15) is 9.59 Å². The quantitative estimate of drug-likeness (QED) is 0.908. The fourth-order valence-corrected chi connectivity index (χ4v) is 3.00. The molecule has 2 N–H and O–H groups in total. The van der Waals surface area contributed by atoms with E-state index in [4.69, 9.17) is 4.74 Å². The standard InChI is InChI=1S/C19H18N2O3/c22-18-11-24-17-10-15(8-9-16(17)21-18)20-19(23)14-6-4-13(5-7-14)12-2-1-3-12/h4-10,12H,1-3,11H2,(H,20,23)(H,21,22). The highest BCUT2D eigenvalue weighted by atomic mass is 16.5. The largest absolute Gasteiger partial charge is 0.482 e. The molecular weight excluding hydrogens is 304 g/mol. The van der Waals surface area contributed by atoms with Crippen molar-refractivity contribution in [2.75, 3.05) is 17.2 Å². The van der Waals surface area contributed by atoms with Gasteiger partial charge in [0.15, 0.2) is 6.61 Å². The summed E-state index contributed by atoms with van der Waals surface area (Å²) in [7, 11) is 0. The molecule has 0 saturated heterocycles. The van der Waals surface area contributed by atoms with Gasteiger partial charge in [-0.05, 0) is 48.6 Å². The molecule has 2 aliphatic rings. The first-order valence-corrected chi connectivity index (χ1v) is 8.17. The fourth-order valence-electron chi connectivity index (χ4n) is 3.00. The zero-order chi connectivity index (χ0) is 16.5. The molecule has 1 heterocycles. The molecule has 1 aliphatic heterocycles. The summed E-state index contributed by atoms with van der Waals surface area (Å²) in [6.07, 6.45) is 3.79. The van der Waals surface area contributed by atoms with Gasteiger partial charge in [-0.15, -0.1) is 0 Å². The van der Waals surface area contributed by atoms with Crippen LogP contribution in [0.3, 0.4) is 0 Å². The van der Waals surface area contributed by atoms with Crippen LogP contribution in [-0.2, 0) is 4.79 Å². The van der Waals surface area contributed by atoms with Gasteiger partial charge in [0, 0.05) is 17.3 Å². The minimum atomic E-state index is -0.175. The molecule has 1 fully saturated rings. The minimum absolute atomic E-state index is 0.00692. The third kappa shape index (κ3) is 2.85. The van der Waals surface area contributed by atoms with Gasteiger partial charge in [0.25, 0.3) is 11.8 Å². The Labute approximate surface area is 140 Å². The third-order valence-electron chi connectivity index (χ3n) is 4.62. The first-order chi connectivity index (χ1) is 11.7. The number of anilines is 2. The van der Waals surface area contributed by atoms with Gasteiger partial charge in [0.2, 0.25) is 0 Å². The van der Waals surface area contributed by atoms with E-state index in [2.05, 4.69) is 10.6 Å². The molecule has 1 saturated carbocycles. The Morgan fingerprint density at radius 1 is 1.12 bits per heavy atom. The number of carbonyl (C=O) groups is 2. The highest BCUT2D eigenvalue weighted by molar-refractivity contribution is 6.05. The number of nitrogens with one attached hydrogen (secondary N) is 2. The van der Waals surface area contributed by atoms with Crippen LogP contribution >= 0.6 is 0 Å². The van der Waals surface area contributed by atoms with Crippen molar-refractivity contribution in [1.29, 1.82) is 0 Å². The highest BCUT2D eigenvalue weighted by Crippen LogP contribution is 2.36. The average Bonchev–Trinajstić information content (AvgIpc) is 2.54. The van der Waals surface area contributed by atoms with Crippen LogP contribution in [0.5, 0.6) is 5.75 Å². The maximum absolute atomic E-state index is 12.4. The summed E-state index contributed by atoms with van der Waals surface area (Å²) in [5, 5.41) is 5.59. The van der Waals surface area contributed by atoms with Crippen molar-refractivity contribution in [3.05, 3.63) is 53.6 Å². The van der Waals surface area contributed by atoms with Crippen LogP contribution in [0.15, 0.2) is 42.5 Å². The second-order valence-corrected chi connectivity index (χ2v) is 6.25. The van der Waals surface area contributed by atoms with Crippen molar-refractivity contribution in [2.45, 2.75) is 25.2 Å². The minimum Gasteiger partial charge on any atom is -0.482 e. The van der Waals surface area contributed by atoms with Gasteiger partial charge in [0.05, 0.1) is 5.69 Å². The van der Waals surface area contributed by atoms with Crippen molar-refractivity contribution in [3.63, 3.8) is 0 Å². The molecule has 24 heavy (non-hydrogen) atoms. The fraction of sp³-hybridized carbons (Fsp3) is 0.263. The third-order valence-corrected chi connectivity index (χ3v) is 4.62. The van der Waals surface area contributed by atoms with Crippen molar-refractivity contribution < 1.29 is 14.3 Å². The summed E-state index contributed by atoms with van der Waals surface area (Å²) in [6.45, 7) is -0.00692. The number of hydrogen-bond acceptors (Lipinski definition) is 3. The van der Waals surface area contributed by atoms with Crippen molar-refractivity contribution in [2.24, 2.45) is 0 Å². The molecule has 0 radical (unpaired) electrons. The summed E-state index contributed by atoms with van der Waals surface area (Å²) < 4.78 is 5.36. The monoisotopic (exact) mass is 322 g/mol. The number of hydrogen-bond donors (Lipinski definition) is 2. The second kappa shape index (κ2) is 6.00. The lowest BCUT2D eigenvalue weighted by Gasteiger charge is -2.25. The number of fused-ring (bicyclic) bond motifs is 1. The van der Waals surface area contributed by atoms with E-state index in [0.29, 0.717) is 28.6 Å². The van der Waals surface area contributed by atoms with Crippen LogP contribution in [-0.4, -0.2) is 18.4 Å². The smallest absolute Gasteiger partial charge is 0.262 e. The van der Waals surface area contributed by atoms with E-state index >= 15 is 0 Å². The lowest BCUT2D eigenvalue weighted by molar-refractivity contribution is -0.118. The van der Waals surface area contributed by atoms with E-state index in [1.54, 1.807) is 18.2 Å². The van der Waals surface area contributed by atoms with E-state index in [0.717, 1.165) is 0 Å². The predicted octanol–water partition coefficient (Wildman–Crippen LogP) is 3.54. The molecule has 4 rings (SSSR count). The molecule has 0 atom stereocenters. The first kappa shape index (κ1) is 14.8. The van der Waals surface area contributed by atoms with Gasteiger partial charge in [0.1, 0.15) is 5.75 Å².